The first-order valence-corrected chi connectivity index (χ1v) is 9.15. The fourth-order valence-corrected chi connectivity index (χ4v) is 3.65. The number of piperazine rings is 1. The first-order chi connectivity index (χ1) is 11.7. The Hall–Kier alpha value is -1.75. The van der Waals surface area contributed by atoms with Crippen molar-refractivity contribution in [3.05, 3.63) is 24.3 Å². The average Bonchev–Trinajstić information content (AvgIpc) is 3.13. The number of methoxy groups -OCH3 is 1. The Bertz CT molecular complexity index is 518. The van der Waals surface area contributed by atoms with Gasteiger partial charge >= 0.3 is 0 Å². The summed E-state index contributed by atoms with van der Waals surface area (Å²) in [6.45, 7) is 4.92. The molecular weight excluding hydrogens is 302 g/mol. The molecule has 1 N–H and O–H groups in total. The first-order valence-electron chi connectivity index (χ1n) is 9.15. The summed E-state index contributed by atoms with van der Waals surface area (Å²) in [6, 6.07) is 8.68. The van der Waals surface area contributed by atoms with Crippen LogP contribution in [0.5, 0.6) is 5.75 Å². The number of ether oxygens (including phenoxy) is 1. The van der Waals surface area contributed by atoms with E-state index in [1.54, 1.807) is 7.11 Å². The molecule has 1 aromatic carbocycles. The van der Waals surface area contributed by atoms with Crippen LogP contribution in [0, 0.1) is 0 Å². The van der Waals surface area contributed by atoms with Crippen molar-refractivity contribution in [3.63, 3.8) is 0 Å². The van der Waals surface area contributed by atoms with E-state index in [-0.39, 0.29) is 5.91 Å². The largest absolute Gasteiger partial charge is 0.497 e. The van der Waals surface area contributed by atoms with Crippen LogP contribution >= 0.6 is 0 Å². The van der Waals surface area contributed by atoms with Crippen molar-refractivity contribution in [1.29, 1.82) is 0 Å². The highest BCUT2D eigenvalue weighted by molar-refractivity contribution is 5.76. The topological polar surface area (TPSA) is 44.8 Å². The number of carbonyl (C=O) groups is 1. The molecule has 5 nitrogen and oxygen atoms in total. The summed E-state index contributed by atoms with van der Waals surface area (Å²) in [5.41, 5.74) is 1.24. The minimum absolute atomic E-state index is 0.222. The van der Waals surface area contributed by atoms with Crippen molar-refractivity contribution in [2.24, 2.45) is 0 Å². The summed E-state index contributed by atoms with van der Waals surface area (Å²) in [4.78, 5) is 16.8. The monoisotopic (exact) mass is 331 g/mol. The molecule has 2 fully saturated rings. The van der Waals surface area contributed by atoms with E-state index in [0.29, 0.717) is 12.5 Å². The number of amides is 1. The predicted octanol–water partition coefficient (Wildman–Crippen LogP) is 2.27. The van der Waals surface area contributed by atoms with Crippen LogP contribution in [0.4, 0.5) is 5.69 Å². The lowest BCUT2D eigenvalue weighted by Crippen LogP contribution is -2.47. The molecule has 0 atom stereocenters. The molecule has 1 aliphatic heterocycles. The number of carbonyl (C=O) groups excluding carboxylic acids is 1. The van der Waals surface area contributed by atoms with Gasteiger partial charge in [0.05, 0.1) is 7.11 Å². The van der Waals surface area contributed by atoms with Gasteiger partial charge in [0.2, 0.25) is 5.91 Å². The van der Waals surface area contributed by atoms with Gasteiger partial charge in [-0.3, -0.25) is 9.69 Å². The van der Waals surface area contributed by atoms with Crippen LogP contribution in [-0.4, -0.2) is 56.7 Å². The summed E-state index contributed by atoms with van der Waals surface area (Å²) >= 11 is 0. The van der Waals surface area contributed by atoms with E-state index >= 15 is 0 Å². The summed E-state index contributed by atoms with van der Waals surface area (Å²) in [5, 5.41) is 3.18. The molecule has 0 aromatic heterocycles. The van der Waals surface area contributed by atoms with Crippen molar-refractivity contribution in [3.8, 4) is 5.75 Å². The maximum absolute atomic E-state index is 12.0. The Morgan fingerprint density at radius 3 is 2.42 bits per heavy atom. The second kappa shape index (κ2) is 8.38. The zero-order chi connectivity index (χ0) is 16.8. The molecule has 24 heavy (non-hydrogen) atoms. The predicted molar refractivity (Wildman–Crippen MR) is 96.7 cm³/mol. The smallest absolute Gasteiger partial charge is 0.221 e. The van der Waals surface area contributed by atoms with E-state index in [9.17, 15) is 4.79 Å². The molecule has 3 rings (SSSR count). The van der Waals surface area contributed by atoms with Gasteiger partial charge < -0.3 is 15.0 Å². The second-order valence-electron chi connectivity index (χ2n) is 6.83. The fraction of sp³-hybridized carbons (Fsp3) is 0.632. The van der Waals surface area contributed by atoms with Gasteiger partial charge in [-0.05, 0) is 37.1 Å². The number of benzene rings is 1. The van der Waals surface area contributed by atoms with Gasteiger partial charge in [-0.25, -0.2) is 0 Å². The van der Waals surface area contributed by atoms with Gasteiger partial charge in [0.15, 0.2) is 0 Å². The van der Waals surface area contributed by atoms with Crippen LogP contribution in [0.2, 0.25) is 0 Å². The zero-order valence-corrected chi connectivity index (χ0v) is 14.7. The van der Waals surface area contributed by atoms with E-state index < -0.39 is 0 Å². The summed E-state index contributed by atoms with van der Waals surface area (Å²) in [6.07, 6.45) is 5.47. The van der Waals surface area contributed by atoms with E-state index in [1.165, 1.54) is 18.5 Å². The highest BCUT2D eigenvalue weighted by Gasteiger charge is 2.20. The lowest BCUT2D eigenvalue weighted by atomic mass is 10.2. The van der Waals surface area contributed by atoms with Gasteiger partial charge in [-0.2, -0.15) is 0 Å². The molecule has 1 saturated heterocycles. The minimum Gasteiger partial charge on any atom is -0.497 e. The van der Waals surface area contributed by atoms with Crippen LogP contribution in [0.15, 0.2) is 24.3 Å². The van der Waals surface area contributed by atoms with Gasteiger partial charge in [0.1, 0.15) is 5.75 Å². The normalized spacial score (nSPS) is 19.5. The highest BCUT2D eigenvalue weighted by Crippen LogP contribution is 2.20. The summed E-state index contributed by atoms with van der Waals surface area (Å²) < 4.78 is 5.21. The number of hydrogen-bond acceptors (Lipinski definition) is 4. The number of hydrogen-bond donors (Lipinski definition) is 1. The highest BCUT2D eigenvalue weighted by atomic mass is 16.5. The molecular formula is C19H29N3O2. The van der Waals surface area contributed by atoms with Crippen molar-refractivity contribution in [2.45, 2.75) is 38.1 Å². The lowest BCUT2D eigenvalue weighted by molar-refractivity contribution is -0.122. The molecule has 5 heteroatoms. The average molecular weight is 331 g/mol. The summed E-state index contributed by atoms with van der Waals surface area (Å²) in [7, 11) is 1.69. The van der Waals surface area contributed by atoms with Crippen molar-refractivity contribution in [1.82, 2.24) is 10.2 Å². The van der Waals surface area contributed by atoms with Gasteiger partial charge in [-0.15, -0.1) is 0 Å². The molecule has 0 radical (unpaired) electrons. The molecule has 1 aliphatic carbocycles. The van der Waals surface area contributed by atoms with Crippen LogP contribution in [0.3, 0.4) is 0 Å². The standard InChI is InChI=1S/C19H29N3O2/c1-24-18-8-6-17(7-9-18)22-14-12-21(13-15-22)11-10-19(23)20-16-4-2-3-5-16/h6-9,16H,2-5,10-15H2,1H3,(H,20,23). The van der Waals surface area contributed by atoms with Crippen molar-refractivity contribution < 1.29 is 9.53 Å². The molecule has 1 saturated carbocycles. The number of rotatable bonds is 6. The molecule has 2 aliphatic rings. The van der Waals surface area contributed by atoms with E-state index in [0.717, 1.165) is 51.3 Å². The van der Waals surface area contributed by atoms with Crippen LogP contribution in [0.1, 0.15) is 32.1 Å². The van der Waals surface area contributed by atoms with Gasteiger partial charge in [-0.1, -0.05) is 12.8 Å². The maximum Gasteiger partial charge on any atom is 0.221 e. The third-order valence-electron chi connectivity index (χ3n) is 5.19. The van der Waals surface area contributed by atoms with Crippen LogP contribution in [-0.2, 0) is 4.79 Å². The molecule has 1 amide bonds. The molecule has 0 bridgehead atoms. The van der Waals surface area contributed by atoms with Gasteiger partial charge in [0, 0.05) is 50.9 Å². The third-order valence-corrected chi connectivity index (χ3v) is 5.19. The van der Waals surface area contributed by atoms with Crippen LogP contribution in [0.25, 0.3) is 0 Å². The second-order valence-corrected chi connectivity index (χ2v) is 6.83. The zero-order valence-electron chi connectivity index (χ0n) is 14.7. The molecule has 0 spiro atoms. The third kappa shape index (κ3) is 4.63. The van der Waals surface area contributed by atoms with E-state index in [2.05, 4.69) is 27.2 Å². The lowest BCUT2D eigenvalue weighted by Gasteiger charge is -2.36. The number of nitrogens with one attached hydrogen (secondary N) is 1. The number of nitrogens with zero attached hydrogens (tertiary/aromatic N) is 2. The molecule has 1 heterocycles. The van der Waals surface area contributed by atoms with Crippen molar-refractivity contribution >= 4 is 11.6 Å². The minimum atomic E-state index is 0.222. The maximum atomic E-state index is 12.0. The Kier molecular flexibility index (Phi) is 5.96. The summed E-state index contributed by atoms with van der Waals surface area (Å²) in [5.74, 6) is 1.12. The Morgan fingerprint density at radius 2 is 1.79 bits per heavy atom. The van der Waals surface area contributed by atoms with Crippen LogP contribution < -0.4 is 15.0 Å². The SMILES string of the molecule is COc1ccc(N2CCN(CCC(=O)NC3CCCC3)CC2)cc1. The fourth-order valence-electron chi connectivity index (χ4n) is 3.65. The number of anilines is 1. The Labute approximate surface area is 145 Å². The van der Waals surface area contributed by atoms with E-state index in [1.807, 2.05) is 12.1 Å². The van der Waals surface area contributed by atoms with Crippen molar-refractivity contribution in [2.75, 3.05) is 44.7 Å². The first kappa shape index (κ1) is 17.1. The Balaban J connectivity index is 1.37. The van der Waals surface area contributed by atoms with Gasteiger partial charge in [0.25, 0.3) is 0 Å². The Morgan fingerprint density at radius 1 is 1.12 bits per heavy atom. The molecule has 132 valence electrons. The quantitative estimate of drug-likeness (QED) is 0.868. The molecule has 1 aromatic rings. The molecule has 0 unspecified atom stereocenters. The van der Waals surface area contributed by atoms with E-state index in [4.69, 9.17) is 4.74 Å².